The third-order valence-electron chi connectivity index (χ3n) is 9.95. The average Bonchev–Trinajstić information content (AvgIpc) is 3.95. The summed E-state index contributed by atoms with van der Waals surface area (Å²) in [5.74, 6) is -3.91. The number of sulfonamides is 1. The average molecular weight is 737 g/mol. The Bertz CT molecular complexity index is 1780. The lowest BCUT2D eigenvalue weighted by Gasteiger charge is -2.31. The number of amides is 6. The van der Waals surface area contributed by atoms with Crippen molar-refractivity contribution in [3.8, 4) is 0 Å². The number of rotatable bonds is 7. The van der Waals surface area contributed by atoms with Crippen molar-refractivity contribution in [1.29, 1.82) is 0 Å². The molecule has 51 heavy (non-hydrogen) atoms. The lowest BCUT2D eigenvalue weighted by molar-refractivity contribution is -0.155. The summed E-state index contributed by atoms with van der Waals surface area (Å²) in [7, 11) is -2.64. The van der Waals surface area contributed by atoms with Gasteiger partial charge in [-0.05, 0) is 42.4 Å². The summed E-state index contributed by atoms with van der Waals surface area (Å²) in [6.45, 7) is 3.68. The molecule has 3 N–H and O–H groups in total. The van der Waals surface area contributed by atoms with Crippen LogP contribution in [0.3, 0.4) is 0 Å². The smallest absolute Gasteiger partial charge is 0.410 e. The maximum absolute atomic E-state index is 14.0. The van der Waals surface area contributed by atoms with Crippen molar-refractivity contribution in [2.45, 2.75) is 86.8 Å². The summed E-state index contributed by atoms with van der Waals surface area (Å²) < 4.78 is 74.3. The van der Waals surface area contributed by atoms with Crippen molar-refractivity contribution < 1.29 is 50.3 Å². The molecule has 5 atom stereocenters. The molecule has 3 heterocycles. The zero-order chi connectivity index (χ0) is 36.9. The van der Waals surface area contributed by atoms with Gasteiger partial charge >= 0.3 is 18.3 Å². The quantitative estimate of drug-likeness (QED) is 0.357. The van der Waals surface area contributed by atoms with Crippen molar-refractivity contribution in [3.05, 3.63) is 53.6 Å². The Morgan fingerprint density at radius 3 is 2.59 bits per heavy atom. The van der Waals surface area contributed by atoms with Crippen LogP contribution in [-0.4, -0.2) is 108 Å². The third-order valence-corrected chi connectivity index (χ3v) is 11.8. The Hall–Kier alpha value is -4.61. The van der Waals surface area contributed by atoms with E-state index in [1.807, 2.05) is 29.0 Å². The van der Waals surface area contributed by atoms with Crippen LogP contribution >= 0.6 is 0 Å². The minimum atomic E-state index is -4.91. The molecule has 0 radical (unpaired) electrons. The highest BCUT2D eigenvalue weighted by atomic mass is 32.2. The van der Waals surface area contributed by atoms with Crippen LogP contribution in [0.25, 0.3) is 6.08 Å². The molecule has 0 unspecified atom stereocenters. The van der Waals surface area contributed by atoms with Gasteiger partial charge in [-0.15, -0.1) is 6.58 Å². The predicted molar refractivity (Wildman–Crippen MR) is 175 cm³/mol. The molecule has 1 aromatic rings. The van der Waals surface area contributed by atoms with Crippen LogP contribution in [0.2, 0.25) is 0 Å². The monoisotopic (exact) mass is 736 g/mol. The lowest BCUT2D eigenvalue weighted by Crippen LogP contribution is -2.59. The van der Waals surface area contributed by atoms with Crippen LogP contribution in [0.5, 0.6) is 0 Å². The SMILES string of the molecule is C=C[C@H]1C[C@]1(NC(=O)[C@@H]1C[C@@H]2CN1C(=O)[C@H](CC(F)(F)F)NC(=O)N(C)CC/C=C/c1cccc3c1CN(C3)C(=O)O2)C(=O)NS(=O)(=O)C1CC1. The van der Waals surface area contributed by atoms with Crippen molar-refractivity contribution >= 4 is 45.9 Å². The molecule has 0 aromatic heterocycles. The molecule has 6 amide bonds. The van der Waals surface area contributed by atoms with Crippen molar-refractivity contribution in [2.24, 2.45) is 5.92 Å². The minimum Gasteiger partial charge on any atom is -0.444 e. The summed E-state index contributed by atoms with van der Waals surface area (Å²) in [5.41, 5.74) is 0.872. The van der Waals surface area contributed by atoms with E-state index in [1.54, 1.807) is 6.08 Å². The summed E-state index contributed by atoms with van der Waals surface area (Å²) in [6, 6.07) is 0.926. The van der Waals surface area contributed by atoms with E-state index in [2.05, 4.69) is 17.2 Å². The number of carbonyl (C=O) groups is 5. The van der Waals surface area contributed by atoms with Gasteiger partial charge in [0.1, 0.15) is 23.7 Å². The molecule has 276 valence electrons. The molecule has 5 aliphatic rings. The molecule has 14 nitrogen and oxygen atoms in total. The highest BCUT2D eigenvalue weighted by Crippen LogP contribution is 2.45. The molecule has 1 aromatic carbocycles. The van der Waals surface area contributed by atoms with E-state index >= 15 is 0 Å². The van der Waals surface area contributed by atoms with Gasteiger partial charge in [0.15, 0.2) is 0 Å². The molecule has 1 saturated heterocycles. The second-order valence-electron chi connectivity index (χ2n) is 13.7. The van der Waals surface area contributed by atoms with Gasteiger partial charge in [-0.25, -0.2) is 18.0 Å². The van der Waals surface area contributed by atoms with E-state index in [1.165, 1.54) is 18.0 Å². The van der Waals surface area contributed by atoms with Crippen LogP contribution in [0.15, 0.2) is 36.9 Å². The van der Waals surface area contributed by atoms with Crippen molar-refractivity contribution in [2.75, 3.05) is 20.1 Å². The highest BCUT2D eigenvalue weighted by Gasteiger charge is 2.62. The predicted octanol–water partition coefficient (Wildman–Crippen LogP) is 2.16. The molecule has 18 heteroatoms. The minimum absolute atomic E-state index is 0.0151. The number of alkyl halides is 3. The first-order valence-corrected chi connectivity index (χ1v) is 18.2. The first-order valence-electron chi connectivity index (χ1n) is 16.6. The third kappa shape index (κ3) is 7.69. The van der Waals surface area contributed by atoms with Gasteiger partial charge in [0.2, 0.25) is 21.8 Å². The fourth-order valence-corrected chi connectivity index (χ4v) is 8.18. The Kier molecular flexibility index (Phi) is 9.58. The normalized spacial score (nSPS) is 29.0. The Morgan fingerprint density at radius 2 is 1.92 bits per heavy atom. The fraction of sp³-hybridized carbons (Fsp3) is 0.545. The number of carbonyl (C=O) groups excluding carboxylic acids is 5. The molecule has 3 aliphatic heterocycles. The van der Waals surface area contributed by atoms with E-state index in [0.29, 0.717) is 19.3 Å². The fourth-order valence-electron chi connectivity index (χ4n) is 6.82. The number of urea groups is 1. The molecule has 4 bridgehead atoms. The van der Waals surface area contributed by atoms with Crippen LogP contribution < -0.4 is 15.4 Å². The first kappa shape index (κ1) is 36.2. The van der Waals surface area contributed by atoms with Crippen LogP contribution in [0.1, 0.15) is 55.2 Å². The van der Waals surface area contributed by atoms with Gasteiger partial charge in [-0.1, -0.05) is 36.4 Å². The van der Waals surface area contributed by atoms with Gasteiger partial charge in [0.05, 0.1) is 24.8 Å². The van der Waals surface area contributed by atoms with Gasteiger partial charge < -0.3 is 25.2 Å². The van der Waals surface area contributed by atoms with Gasteiger partial charge in [0, 0.05) is 32.5 Å². The van der Waals surface area contributed by atoms with Gasteiger partial charge in [-0.3, -0.25) is 24.0 Å². The van der Waals surface area contributed by atoms with Crippen molar-refractivity contribution in [1.82, 2.24) is 30.1 Å². The number of nitrogens with zero attached hydrogens (tertiary/aromatic N) is 3. The number of halogens is 3. The second kappa shape index (κ2) is 13.5. The second-order valence-corrected chi connectivity index (χ2v) is 15.7. The summed E-state index contributed by atoms with van der Waals surface area (Å²) in [5, 5.41) is 3.96. The number of benzene rings is 1. The number of nitrogens with one attached hydrogen (secondary N) is 3. The van der Waals surface area contributed by atoms with Gasteiger partial charge in [-0.2, -0.15) is 13.2 Å². The zero-order valence-corrected chi connectivity index (χ0v) is 28.6. The molecule has 2 saturated carbocycles. The summed E-state index contributed by atoms with van der Waals surface area (Å²) in [4.78, 5) is 71.1. The topological polar surface area (TPSA) is 175 Å². The zero-order valence-electron chi connectivity index (χ0n) is 27.8. The van der Waals surface area contributed by atoms with Crippen LogP contribution in [0, 0.1) is 5.92 Å². The molecule has 0 spiro atoms. The Labute approximate surface area is 292 Å². The molecule has 2 aliphatic carbocycles. The summed E-state index contributed by atoms with van der Waals surface area (Å²) >= 11 is 0. The number of hydrogen-bond donors (Lipinski definition) is 3. The molecule has 6 rings (SSSR count). The van der Waals surface area contributed by atoms with Crippen LogP contribution in [-0.2, 0) is 42.2 Å². The Balaban J connectivity index is 1.29. The number of hydrogen-bond acceptors (Lipinski definition) is 8. The van der Waals surface area contributed by atoms with Crippen molar-refractivity contribution in [3.63, 3.8) is 0 Å². The maximum Gasteiger partial charge on any atom is 0.410 e. The highest BCUT2D eigenvalue weighted by molar-refractivity contribution is 7.91. The van der Waals surface area contributed by atoms with E-state index in [9.17, 15) is 45.6 Å². The molecular weight excluding hydrogens is 697 g/mol. The first-order chi connectivity index (χ1) is 24.0. The van der Waals surface area contributed by atoms with E-state index < -0.39 is 93.9 Å². The van der Waals surface area contributed by atoms with E-state index in [4.69, 9.17) is 4.74 Å². The number of fused-ring (bicyclic) bond motifs is 3. The van der Waals surface area contributed by atoms with Crippen LogP contribution in [0.4, 0.5) is 22.8 Å². The Morgan fingerprint density at radius 1 is 1.18 bits per heavy atom. The number of ether oxygens (including phenoxy) is 1. The van der Waals surface area contributed by atoms with Gasteiger partial charge in [0.25, 0.3) is 5.91 Å². The van der Waals surface area contributed by atoms with E-state index in [0.717, 1.165) is 26.5 Å². The summed E-state index contributed by atoms with van der Waals surface area (Å²) in [6.07, 6.45) is -2.87. The molecule has 3 fully saturated rings. The lowest BCUT2D eigenvalue weighted by atomic mass is 10.0. The van der Waals surface area contributed by atoms with E-state index in [-0.39, 0.29) is 32.5 Å². The molecular formula is C33H39F3N6O8S. The maximum atomic E-state index is 14.0. The largest absolute Gasteiger partial charge is 0.444 e. The standard InChI is InChI=1S/C33H39F3N6O8S/c1-3-21-14-32(21,29(45)39-51(48,49)23-10-11-23)38-27(43)26-13-22-17-42(26)28(44)25(15-33(34,35)36)37-30(46)40(2)12-5-4-7-19-8-6-9-20-16-41(18-24(19)20)31(47)50-22/h3-4,6-9,21-23,25-26H,1,5,10-18H2,2H3,(H,37,46)(H,38,43)(H,39,45)/b7-4+/t21-,22+,25-,26-,32+/m0/s1.